The summed E-state index contributed by atoms with van der Waals surface area (Å²) in [6.45, 7) is 3.94. The summed E-state index contributed by atoms with van der Waals surface area (Å²) < 4.78 is 15.4. The molecule has 11 heteroatoms. The second kappa shape index (κ2) is 11.8. The van der Waals surface area contributed by atoms with Crippen LogP contribution < -0.4 is 15.5 Å². The Morgan fingerprint density at radius 2 is 2.04 bits per heavy atom. The predicted octanol–water partition coefficient (Wildman–Crippen LogP) is 1.24. The number of nitro groups is 1. The SMILES string of the molecule is CCOCOCC(CC(C)C(=O)NO)NC(=O)c1ccc([N+](=O)[O-])c(OC)c1. The zero-order valence-electron chi connectivity index (χ0n) is 16.0. The molecule has 11 nitrogen and oxygen atoms in total. The van der Waals surface area contributed by atoms with E-state index in [4.69, 9.17) is 19.4 Å². The molecular weight excluding hydrogens is 374 g/mol. The lowest BCUT2D eigenvalue weighted by molar-refractivity contribution is -0.385. The number of benzene rings is 1. The van der Waals surface area contributed by atoms with E-state index in [1.165, 1.54) is 25.3 Å². The summed E-state index contributed by atoms with van der Waals surface area (Å²) in [5, 5.41) is 22.4. The smallest absolute Gasteiger partial charge is 0.310 e. The van der Waals surface area contributed by atoms with Crippen LogP contribution in [0.25, 0.3) is 0 Å². The summed E-state index contributed by atoms with van der Waals surface area (Å²) in [4.78, 5) is 34.4. The summed E-state index contributed by atoms with van der Waals surface area (Å²) >= 11 is 0. The van der Waals surface area contributed by atoms with Crippen molar-refractivity contribution in [3.63, 3.8) is 0 Å². The Morgan fingerprint density at radius 3 is 2.61 bits per heavy atom. The molecule has 0 spiro atoms. The molecule has 1 aromatic rings. The maximum absolute atomic E-state index is 12.5. The molecule has 28 heavy (non-hydrogen) atoms. The van der Waals surface area contributed by atoms with Crippen LogP contribution in [-0.2, 0) is 14.3 Å². The molecule has 0 bridgehead atoms. The lowest BCUT2D eigenvalue weighted by Gasteiger charge is -2.21. The minimum Gasteiger partial charge on any atom is -0.490 e. The topological polar surface area (TPSA) is 149 Å². The lowest BCUT2D eigenvalue weighted by Crippen LogP contribution is -2.41. The number of ether oxygens (including phenoxy) is 3. The second-order valence-corrected chi connectivity index (χ2v) is 5.91. The van der Waals surface area contributed by atoms with Crippen molar-refractivity contribution in [2.24, 2.45) is 5.92 Å². The normalized spacial score (nSPS) is 12.7. The standard InChI is InChI=1S/C17H25N3O8/c1-4-27-10-28-9-13(7-11(2)16(21)19-23)18-17(22)12-5-6-14(20(24)25)15(8-12)26-3/h5-6,8,11,13,23H,4,7,9-10H2,1-3H3,(H,18,22)(H,19,21). The number of nitrogens with zero attached hydrogens (tertiary/aromatic N) is 1. The Bertz CT molecular complexity index is 682. The van der Waals surface area contributed by atoms with Crippen molar-refractivity contribution in [2.45, 2.75) is 26.3 Å². The van der Waals surface area contributed by atoms with Crippen molar-refractivity contribution >= 4 is 17.5 Å². The fourth-order valence-electron chi connectivity index (χ4n) is 2.38. The van der Waals surface area contributed by atoms with E-state index in [9.17, 15) is 19.7 Å². The highest BCUT2D eigenvalue weighted by molar-refractivity contribution is 5.95. The van der Waals surface area contributed by atoms with E-state index in [0.29, 0.717) is 6.61 Å². The Kier molecular flexibility index (Phi) is 9.85. The maximum atomic E-state index is 12.5. The summed E-state index contributed by atoms with van der Waals surface area (Å²) in [7, 11) is 1.27. The number of hydrogen-bond acceptors (Lipinski definition) is 8. The third-order valence-electron chi connectivity index (χ3n) is 3.86. The number of methoxy groups -OCH3 is 1. The zero-order valence-corrected chi connectivity index (χ0v) is 16.0. The zero-order chi connectivity index (χ0) is 21.1. The van der Waals surface area contributed by atoms with Crippen LogP contribution >= 0.6 is 0 Å². The van der Waals surface area contributed by atoms with Crippen molar-refractivity contribution in [2.75, 3.05) is 27.1 Å². The first-order chi connectivity index (χ1) is 13.3. The Hall–Kier alpha value is -2.76. The fourth-order valence-corrected chi connectivity index (χ4v) is 2.38. The summed E-state index contributed by atoms with van der Waals surface area (Å²) in [5.41, 5.74) is 1.46. The summed E-state index contributed by atoms with van der Waals surface area (Å²) in [6.07, 6.45) is 0.189. The van der Waals surface area contributed by atoms with Crippen LogP contribution in [0.5, 0.6) is 5.75 Å². The van der Waals surface area contributed by atoms with Gasteiger partial charge in [0.1, 0.15) is 6.79 Å². The number of amides is 2. The van der Waals surface area contributed by atoms with Crippen LogP contribution in [0.1, 0.15) is 30.6 Å². The van der Waals surface area contributed by atoms with E-state index in [2.05, 4.69) is 5.32 Å². The number of nitrogens with one attached hydrogen (secondary N) is 2. The molecule has 3 N–H and O–H groups in total. The van der Waals surface area contributed by atoms with Gasteiger partial charge >= 0.3 is 5.69 Å². The molecule has 1 rings (SSSR count). The van der Waals surface area contributed by atoms with Crippen LogP contribution in [0.15, 0.2) is 18.2 Å². The molecule has 1 aromatic carbocycles. The first-order valence-corrected chi connectivity index (χ1v) is 8.56. The molecule has 2 atom stereocenters. The first kappa shape index (κ1) is 23.3. The molecule has 0 aliphatic carbocycles. The van der Waals surface area contributed by atoms with E-state index < -0.39 is 28.7 Å². The highest BCUT2D eigenvalue weighted by Crippen LogP contribution is 2.27. The van der Waals surface area contributed by atoms with Gasteiger partial charge in [-0.15, -0.1) is 0 Å². The number of carbonyl (C=O) groups is 2. The van der Waals surface area contributed by atoms with E-state index in [1.807, 2.05) is 0 Å². The van der Waals surface area contributed by atoms with E-state index in [-0.39, 0.29) is 36.8 Å². The highest BCUT2D eigenvalue weighted by Gasteiger charge is 2.23. The second-order valence-electron chi connectivity index (χ2n) is 5.91. The van der Waals surface area contributed by atoms with Gasteiger partial charge in [-0.05, 0) is 19.4 Å². The predicted molar refractivity (Wildman–Crippen MR) is 97.1 cm³/mol. The number of hydrogen-bond donors (Lipinski definition) is 3. The van der Waals surface area contributed by atoms with Crippen molar-refractivity contribution < 1.29 is 33.9 Å². The van der Waals surface area contributed by atoms with Crippen LogP contribution in [-0.4, -0.2) is 55.1 Å². The third kappa shape index (κ3) is 7.10. The first-order valence-electron chi connectivity index (χ1n) is 8.56. The minimum absolute atomic E-state index is 0.0226. The van der Waals surface area contributed by atoms with Crippen molar-refractivity contribution in [3.8, 4) is 5.75 Å². The molecular formula is C17H25N3O8. The van der Waals surface area contributed by atoms with E-state index >= 15 is 0 Å². The van der Waals surface area contributed by atoms with E-state index in [0.717, 1.165) is 0 Å². The van der Waals surface area contributed by atoms with Gasteiger partial charge in [0.05, 0.1) is 24.7 Å². The molecule has 0 heterocycles. The Morgan fingerprint density at radius 1 is 1.32 bits per heavy atom. The molecule has 0 aromatic heterocycles. The number of hydroxylamine groups is 1. The van der Waals surface area contributed by atoms with Gasteiger partial charge in [-0.25, -0.2) is 5.48 Å². The molecule has 2 unspecified atom stereocenters. The van der Waals surface area contributed by atoms with Crippen molar-refractivity contribution in [1.29, 1.82) is 0 Å². The monoisotopic (exact) mass is 399 g/mol. The maximum Gasteiger partial charge on any atom is 0.310 e. The van der Waals surface area contributed by atoms with Gasteiger partial charge in [0.25, 0.3) is 5.91 Å². The quantitative estimate of drug-likeness (QED) is 0.156. The lowest BCUT2D eigenvalue weighted by atomic mass is 10.0. The summed E-state index contributed by atoms with van der Waals surface area (Å²) in [6, 6.07) is 3.17. The van der Waals surface area contributed by atoms with Crippen LogP contribution in [0.2, 0.25) is 0 Å². The van der Waals surface area contributed by atoms with Crippen molar-refractivity contribution in [1.82, 2.24) is 10.8 Å². The molecule has 0 aliphatic heterocycles. The van der Waals surface area contributed by atoms with Crippen LogP contribution in [0.4, 0.5) is 5.69 Å². The molecule has 2 amide bonds. The fraction of sp³-hybridized carbons (Fsp3) is 0.529. The number of carbonyl (C=O) groups excluding carboxylic acids is 2. The van der Waals surface area contributed by atoms with Crippen LogP contribution in [0, 0.1) is 16.0 Å². The molecule has 0 radical (unpaired) electrons. The van der Waals surface area contributed by atoms with Gasteiger partial charge in [-0.3, -0.25) is 24.9 Å². The van der Waals surface area contributed by atoms with Crippen LogP contribution in [0.3, 0.4) is 0 Å². The number of rotatable bonds is 12. The van der Waals surface area contributed by atoms with Gasteiger partial charge in [0.2, 0.25) is 5.91 Å². The van der Waals surface area contributed by atoms with Gasteiger partial charge < -0.3 is 19.5 Å². The Labute approximate surface area is 162 Å². The third-order valence-corrected chi connectivity index (χ3v) is 3.86. The van der Waals surface area contributed by atoms with E-state index in [1.54, 1.807) is 19.3 Å². The largest absolute Gasteiger partial charge is 0.490 e. The molecule has 0 fully saturated rings. The molecule has 0 aliphatic rings. The van der Waals surface area contributed by atoms with Crippen molar-refractivity contribution in [3.05, 3.63) is 33.9 Å². The van der Waals surface area contributed by atoms with Gasteiger partial charge in [-0.2, -0.15) is 0 Å². The molecule has 0 saturated carbocycles. The number of nitro benzene ring substituents is 1. The molecule has 156 valence electrons. The summed E-state index contributed by atoms with van der Waals surface area (Å²) in [5.74, 6) is -1.76. The average Bonchev–Trinajstić information content (AvgIpc) is 2.69. The average molecular weight is 399 g/mol. The molecule has 0 saturated heterocycles. The van der Waals surface area contributed by atoms with Gasteiger partial charge in [-0.1, -0.05) is 6.92 Å². The highest BCUT2D eigenvalue weighted by atomic mass is 16.7. The van der Waals surface area contributed by atoms with Gasteiger partial charge in [0.15, 0.2) is 5.75 Å². The van der Waals surface area contributed by atoms with Gasteiger partial charge in [0, 0.05) is 30.2 Å². The minimum atomic E-state index is -0.611. The Balaban J connectivity index is 2.88.